The van der Waals surface area contributed by atoms with E-state index in [2.05, 4.69) is 318 Å². The van der Waals surface area contributed by atoms with Crippen LogP contribution in [0.15, 0.2) is 285 Å². The number of benzene rings is 12. The van der Waals surface area contributed by atoms with E-state index in [1.54, 1.807) is 0 Å². The first kappa shape index (κ1) is 53.0. The number of rotatable bonds is 15. The van der Waals surface area contributed by atoms with Crippen molar-refractivity contribution in [3.05, 3.63) is 363 Å². The second kappa shape index (κ2) is 21.7. The van der Waals surface area contributed by atoms with Gasteiger partial charge in [-0.1, -0.05) is 249 Å². The van der Waals surface area contributed by atoms with Crippen LogP contribution >= 0.6 is 0 Å². The van der Waals surface area contributed by atoms with E-state index in [1.165, 1.54) is 124 Å². The lowest BCUT2D eigenvalue weighted by Crippen LogP contribution is -2.29. The van der Waals surface area contributed by atoms with Crippen LogP contribution < -0.4 is 9.64 Å². The minimum absolute atomic E-state index is 0.393. The van der Waals surface area contributed by atoms with Crippen LogP contribution in [0.25, 0.3) is 33.4 Å². The molecule has 0 aliphatic heterocycles. The topological polar surface area (TPSA) is 12.5 Å². The summed E-state index contributed by atoms with van der Waals surface area (Å²) in [7, 11) is 0. The number of hydrogen-bond donors (Lipinski definition) is 0. The minimum atomic E-state index is -0.659. The van der Waals surface area contributed by atoms with Crippen LogP contribution in [0.5, 0.6) is 11.5 Å². The van der Waals surface area contributed by atoms with Gasteiger partial charge in [-0.25, -0.2) is 0 Å². The normalized spacial score (nSPS) is 15.5. The van der Waals surface area contributed by atoms with Crippen LogP contribution in [0.1, 0.15) is 116 Å². The van der Waals surface area contributed by atoms with E-state index in [0.717, 1.165) is 41.4 Å². The third kappa shape index (κ3) is 8.84. The average molecular weight is 1110 g/mol. The number of ether oxygens (including phenoxy) is 1. The van der Waals surface area contributed by atoms with Gasteiger partial charge in [0.25, 0.3) is 0 Å². The van der Waals surface area contributed by atoms with Gasteiger partial charge in [-0.3, -0.25) is 0 Å². The molecule has 0 heterocycles. The zero-order chi connectivity index (χ0) is 57.9. The lowest BCUT2D eigenvalue weighted by Gasteiger charge is -2.36. The Bertz CT molecular complexity index is 4410. The summed E-state index contributed by atoms with van der Waals surface area (Å²) >= 11 is 0. The van der Waals surface area contributed by atoms with E-state index in [-0.39, 0.29) is 0 Å². The molecule has 0 saturated carbocycles. The molecule has 0 spiro atoms. The first-order valence-electron chi connectivity index (χ1n) is 30.9. The fourth-order valence-corrected chi connectivity index (χ4v) is 15.2. The summed E-state index contributed by atoms with van der Waals surface area (Å²) in [6.45, 7) is 9.16. The first-order chi connectivity index (χ1) is 42.3. The Labute approximate surface area is 507 Å². The maximum Gasteiger partial charge on any atom is 0.127 e. The van der Waals surface area contributed by atoms with Crippen LogP contribution in [0.3, 0.4) is 0 Å². The Morgan fingerprint density at radius 2 is 0.837 bits per heavy atom. The van der Waals surface area contributed by atoms with E-state index >= 15 is 0 Å². The summed E-state index contributed by atoms with van der Waals surface area (Å²) in [4.78, 5) is 2.47. The summed E-state index contributed by atoms with van der Waals surface area (Å²) in [5, 5.41) is 0. The van der Waals surface area contributed by atoms with Crippen molar-refractivity contribution in [2.24, 2.45) is 0 Å². The van der Waals surface area contributed by atoms with Crippen molar-refractivity contribution in [1.82, 2.24) is 0 Å². The van der Waals surface area contributed by atoms with Gasteiger partial charge < -0.3 is 9.64 Å². The molecule has 3 unspecified atom stereocenters. The quantitative estimate of drug-likeness (QED) is 0.101. The van der Waals surface area contributed by atoms with Gasteiger partial charge in [0.05, 0.1) is 10.8 Å². The molecule has 2 nitrogen and oxygen atoms in total. The fourth-order valence-electron chi connectivity index (χ4n) is 15.2. The molecule has 416 valence electrons. The fraction of sp³-hybridized carbons (Fsp3) is 0.143. The van der Waals surface area contributed by atoms with Gasteiger partial charge in [0.1, 0.15) is 11.5 Å². The molecule has 15 rings (SSSR count). The van der Waals surface area contributed by atoms with E-state index in [4.69, 9.17) is 4.74 Å². The van der Waals surface area contributed by atoms with Gasteiger partial charge in [-0.2, -0.15) is 0 Å². The van der Waals surface area contributed by atoms with Crippen LogP contribution in [-0.2, 0) is 23.7 Å². The van der Waals surface area contributed by atoms with Crippen molar-refractivity contribution >= 4 is 17.1 Å². The second-order valence-electron chi connectivity index (χ2n) is 24.4. The molecule has 12 aromatic rings. The summed E-state index contributed by atoms with van der Waals surface area (Å²) in [6, 6.07) is 107. The molecular weight excluding hydrogens is 1040 g/mol. The molecule has 3 aliphatic carbocycles. The molecule has 0 N–H and O–H groups in total. The Hall–Kier alpha value is -9.76. The van der Waals surface area contributed by atoms with Crippen molar-refractivity contribution in [1.29, 1.82) is 0 Å². The summed E-state index contributed by atoms with van der Waals surface area (Å²) in [5.74, 6) is 2.51. The lowest BCUT2D eigenvalue weighted by molar-refractivity contribution is 0.481. The SMILES string of the molecule is CCC(CC(C)c1ccc(Oc2ccc(C3(c4cc(C)cc(C)c4)c4ccccc4-c4ccc(N(c5ccccc5)c5ccc6c(c5)C(c5ccccc5)(c5ccccc5)c5ccccc5-6)cc43)cc2)cc1)c1ccc(-c2ccc3c(c2)CC3)cc1. The van der Waals surface area contributed by atoms with Gasteiger partial charge in [0, 0.05) is 17.1 Å². The highest BCUT2D eigenvalue weighted by Gasteiger charge is 2.48. The van der Waals surface area contributed by atoms with Gasteiger partial charge >= 0.3 is 0 Å². The summed E-state index contributed by atoms with van der Waals surface area (Å²) < 4.78 is 6.75. The zero-order valence-electron chi connectivity index (χ0n) is 49.5. The zero-order valence-corrected chi connectivity index (χ0v) is 49.5. The lowest BCUT2D eigenvalue weighted by atomic mass is 9.67. The van der Waals surface area contributed by atoms with Crippen LogP contribution in [0.2, 0.25) is 0 Å². The molecule has 0 bridgehead atoms. The molecule has 3 atom stereocenters. The number of anilines is 3. The van der Waals surface area contributed by atoms with E-state index in [9.17, 15) is 0 Å². The molecular formula is C84H69NO. The number of aryl methyl sites for hydroxylation is 4. The summed E-state index contributed by atoms with van der Waals surface area (Å²) in [6.07, 6.45) is 4.62. The van der Waals surface area contributed by atoms with Crippen LogP contribution in [0.4, 0.5) is 17.1 Å². The van der Waals surface area contributed by atoms with Crippen molar-refractivity contribution in [2.75, 3.05) is 4.90 Å². The Morgan fingerprint density at radius 3 is 1.37 bits per heavy atom. The molecule has 0 saturated heterocycles. The van der Waals surface area contributed by atoms with Gasteiger partial charge in [-0.15, -0.1) is 0 Å². The van der Waals surface area contributed by atoms with E-state index in [1.807, 2.05) is 0 Å². The second-order valence-corrected chi connectivity index (χ2v) is 24.4. The molecule has 0 radical (unpaired) electrons. The van der Waals surface area contributed by atoms with Gasteiger partial charge in [0.2, 0.25) is 0 Å². The van der Waals surface area contributed by atoms with Crippen LogP contribution in [0, 0.1) is 13.8 Å². The standard InChI is InChI=1S/C84H69NO/c1-5-59(61-29-31-62(32-30-61)64-35-33-63-34-36-65(63)53-64)52-58(4)60-37-43-73(44-38-60)86-74-45-39-68(40-46-74)84(69-50-56(2)49-57(3)51-69)80-28-18-16-26-76(80)78-48-42-72(55-82(78)84)85(70-23-13-8-14-24-70)71-41-47-77-75-25-15-17-27-79(75)83(81(77)54-71,66-19-9-6-10-20-66)67-21-11-7-12-22-67/h6-33,35,37-51,53-55,58-59H,5,34,36,52H2,1-4H3. The van der Waals surface area contributed by atoms with Gasteiger partial charge in [0.15, 0.2) is 0 Å². The predicted molar refractivity (Wildman–Crippen MR) is 357 cm³/mol. The molecule has 2 heteroatoms. The number of para-hydroxylation sites is 1. The Kier molecular flexibility index (Phi) is 13.4. The van der Waals surface area contributed by atoms with Gasteiger partial charge in [-0.05, 0) is 212 Å². The van der Waals surface area contributed by atoms with Crippen molar-refractivity contribution in [3.8, 4) is 44.9 Å². The monoisotopic (exact) mass is 1110 g/mol. The van der Waals surface area contributed by atoms with E-state index in [0.29, 0.717) is 11.8 Å². The highest BCUT2D eigenvalue weighted by molar-refractivity contribution is 5.92. The number of nitrogens with zero attached hydrogens (tertiary/aromatic N) is 1. The Morgan fingerprint density at radius 1 is 0.372 bits per heavy atom. The maximum atomic E-state index is 6.75. The molecule has 0 aromatic heterocycles. The van der Waals surface area contributed by atoms with Crippen molar-refractivity contribution in [2.45, 2.75) is 76.0 Å². The van der Waals surface area contributed by atoms with E-state index < -0.39 is 10.8 Å². The molecule has 12 aromatic carbocycles. The molecule has 0 amide bonds. The predicted octanol–water partition coefficient (Wildman–Crippen LogP) is 21.7. The largest absolute Gasteiger partial charge is 0.457 e. The molecule has 3 aliphatic rings. The van der Waals surface area contributed by atoms with Crippen LogP contribution in [-0.4, -0.2) is 0 Å². The van der Waals surface area contributed by atoms with Crippen molar-refractivity contribution in [3.63, 3.8) is 0 Å². The third-order valence-corrected chi connectivity index (χ3v) is 19.3. The number of hydrogen-bond acceptors (Lipinski definition) is 2. The van der Waals surface area contributed by atoms with Crippen molar-refractivity contribution < 1.29 is 4.74 Å². The smallest absolute Gasteiger partial charge is 0.127 e. The highest BCUT2D eigenvalue weighted by atomic mass is 16.5. The molecule has 86 heavy (non-hydrogen) atoms. The third-order valence-electron chi connectivity index (χ3n) is 19.3. The average Bonchev–Trinajstić information content (AvgIpc) is 1.60. The minimum Gasteiger partial charge on any atom is -0.457 e. The number of fused-ring (bicyclic) bond motifs is 7. The first-order valence-corrected chi connectivity index (χ1v) is 30.9. The Balaban J connectivity index is 0.787. The summed E-state index contributed by atoms with van der Waals surface area (Å²) in [5.41, 5.74) is 28.0. The maximum absolute atomic E-state index is 6.75. The highest BCUT2D eigenvalue weighted by Crippen LogP contribution is 2.60. The molecule has 0 fully saturated rings.